The molecule has 0 N–H and O–H groups in total. The van der Waals surface area contributed by atoms with Crippen LogP contribution in [0.2, 0.25) is 0 Å². The summed E-state index contributed by atoms with van der Waals surface area (Å²) in [6.45, 7) is 2.48. The van der Waals surface area contributed by atoms with E-state index in [1.807, 2.05) is 35.2 Å². The van der Waals surface area contributed by atoms with Crippen molar-refractivity contribution in [2.24, 2.45) is 0 Å². The van der Waals surface area contributed by atoms with Crippen LogP contribution in [0.15, 0.2) is 48.5 Å². The number of likely N-dealkylation sites (N-methyl/N-ethyl adjacent to an activating group) is 1. The second-order valence-electron chi connectivity index (χ2n) is 7.70. The molecule has 3 rings (SSSR count). The zero-order chi connectivity index (χ0) is 20.6. The van der Waals surface area contributed by atoms with Crippen LogP contribution in [0.5, 0.6) is 11.5 Å². The molecule has 1 atom stereocenters. The quantitative estimate of drug-likeness (QED) is 0.681. The number of methoxy groups -OCH3 is 2. The Kier molecular flexibility index (Phi) is 7.53. The van der Waals surface area contributed by atoms with Crippen molar-refractivity contribution in [3.05, 3.63) is 59.7 Å². The van der Waals surface area contributed by atoms with E-state index >= 15 is 0 Å². The smallest absolute Gasteiger partial charge is 0.222 e. The molecule has 0 bridgehead atoms. The average molecular weight is 397 g/mol. The number of carbonyl (C=O) groups is 1. The van der Waals surface area contributed by atoms with Crippen molar-refractivity contribution in [3.8, 4) is 11.5 Å². The summed E-state index contributed by atoms with van der Waals surface area (Å²) in [6.07, 6.45) is 3.50. The highest BCUT2D eigenvalue weighted by molar-refractivity contribution is 5.76. The molecule has 29 heavy (non-hydrogen) atoms. The largest absolute Gasteiger partial charge is 0.493 e. The van der Waals surface area contributed by atoms with Gasteiger partial charge in [-0.05, 0) is 49.6 Å². The van der Waals surface area contributed by atoms with E-state index in [0.29, 0.717) is 19.0 Å². The number of carbonyl (C=O) groups excluding carboxylic acids is 1. The number of hydrogen-bond donors (Lipinski definition) is 0. The highest BCUT2D eigenvalue weighted by atomic mass is 16.5. The minimum Gasteiger partial charge on any atom is -0.493 e. The Morgan fingerprint density at radius 1 is 1.00 bits per heavy atom. The second kappa shape index (κ2) is 10.3. The van der Waals surface area contributed by atoms with Gasteiger partial charge >= 0.3 is 0 Å². The van der Waals surface area contributed by atoms with Crippen LogP contribution in [0.25, 0.3) is 0 Å². The van der Waals surface area contributed by atoms with E-state index in [1.54, 1.807) is 14.2 Å². The highest BCUT2D eigenvalue weighted by Gasteiger charge is 2.24. The number of nitrogens with zero attached hydrogens (tertiary/aromatic N) is 2. The zero-order valence-electron chi connectivity index (χ0n) is 17.8. The number of benzene rings is 2. The molecule has 1 fully saturated rings. The van der Waals surface area contributed by atoms with Crippen molar-refractivity contribution in [3.63, 3.8) is 0 Å². The molecule has 156 valence electrons. The summed E-state index contributed by atoms with van der Waals surface area (Å²) < 4.78 is 10.7. The molecular weight excluding hydrogens is 364 g/mol. The third-order valence-corrected chi connectivity index (χ3v) is 5.82. The predicted octanol–water partition coefficient (Wildman–Crippen LogP) is 3.76. The SMILES string of the molecule is COc1ccc(CCN(C)C2CCC(=O)N(Cc3ccccc3)CC2)cc1OC. The first kappa shape index (κ1) is 21.2. The van der Waals surface area contributed by atoms with E-state index in [9.17, 15) is 4.79 Å². The molecule has 5 heteroatoms. The monoisotopic (exact) mass is 396 g/mol. The molecule has 1 saturated heterocycles. The van der Waals surface area contributed by atoms with E-state index < -0.39 is 0 Å². The lowest BCUT2D eigenvalue weighted by atomic mass is 10.1. The first-order chi connectivity index (χ1) is 14.1. The lowest BCUT2D eigenvalue weighted by molar-refractivity contribution is -0.131. The maximum atomic E-state index is 12.6. The summed E-state index contributed by atoms with van der Waals surface area (Å²) in [6, 6.07) is 16.8. The molecule has 0 radical (unpaired) electrons. The molecule has 1 unspecified atom stereocenters. The van der Waals surface area contributed by atoms with Crippen LogP contribution in [0.4, 0.5) is 0 Å². The molecule has 0 aromatic heterocycles. The van der Waals surface area contributed by atoms with E-state index in [4.69, 9.17) is 9.47 Å². The normalized spacial score (nSPS) is 17.3. The first-order valence-electron chi connectivity index (χ1n) is 10.3. The standard InChI is InChI=1S/C24H32N2O3/c1-25(15-13-19-9-11-22(28-2)23(17-19)29-3)21-10-12-24(27)26(16-14-21)18-20-7-5-4-6-8-20/h4-9,11,17,21H,10,12-16,18H2,1-3H3. The summed E-state index contributed by atoms with van der Waals surface area (Å²) in [5.41, 5.74) is 2.42. The van der Waals surface area contributed by atoms with Gasteiger partial charge in [0, 0.05) is 32.1 Å². The summed E-state index contributed by atoms with van der Waals surface area (Å²) in [4.78, 5) is 17.0. The third-order valence-electron chi connectivity index (χ3n) is 5.82. The summed E-state index contributed by atoms with van der Waals surface area (Å²) in [5, 5.41) is 0. The molecule has 1 amide bonds. The molecule has 0 spiro atoms. The van der Waals surface area contributed by atoms with Gasteiger partial charge in [0.05, 0.1) is 14.2 Å². The van der Waals surface area contributed by atoms with Crippen LogP contribution in [0.3, 0.4) is 0 Å². The highest BCUT2D eigenvalue weighted by Crippen LogP contribution is 2.28. The molecule has 1 heterocycles. The average Bonchev–Trinajstić information content (AvgIpc) is 2.94. The Balaban J connectivity index is 1.53. The van der Waals surface area contributed by atoms with Crippen molar-refractivity contribution in [1.29, 1.82) is 0 Å². The molecular formula is C24H32N2O3. The summed E-state index contributed by atoms with van der Waals surface area (Å²) in [7, 11) is 5.49. The third kappa shape index (κ3) is 5.73. The number of amides is 1. The number of likely N-dealkylation sites (tertiary alicyclic amines) is 1. The van der Waals surface area contributed by atoms with E-state index in [2.05, 4.69) is 30.1 Å². The molecule has 0 aliphatic carbocycles. The van der Waals surface area contributed by atoms with Gasteiger partial charge in [0.1, 0.15) is 0 Å². The van der Waals surface area contributed by atoms with Gasteiger partial charge in [0.25, 0.3) is 0 Å². The van der Waals surface area contributed by atoms with Crippen LogP contribution in [-0.4, -0.2) is 56.1 Å². The predicted molar refractivity (Wildman–Crippen MR) is 115 cm³/mol. The lowest BCUT2D eigenvalue weighted by Gasteiger charge is -2.27. The number of hydrogen-bond acceptors (Lipinski definition) is 4. The Hall–Kier alpha value is -2.53. The fraction of sp³-hybridized carbons (Fsp3) is 0.458. The van der Waals surface area contributed by atoms with Crippen LogP contribution in [-0.2, 0) is 17.8 Å². The van der Waals surface area contributed by atoms with Crippen LogP contribution >= 0.6 is 0 Å². The van der Waals surface area contributed by atoms with Crippen molar-refractivity contribution >= 4 is 5.91 Å². The molecule has 1 aliphatic rings. The van der Waals surface area contributed by atoms with E-state index in [0.717, 1.165) is 43.9 Å². The van der Waals surface area contributed by atoms with Gasteiger partial charge in [-0.3, -0.25) is 4.79 Å². The van der Waals surface area contributed by atoms with E-state index in [-0.39, 0.29) is 5.91 Å². The van der Waals surface area contributed by atoms with Gasteiger partial charge in [0.2, 0.25) is 5.91 Å². The van der Waals surface area contributed by atoms with Crippen LogP contribution < -0.4 is 9.47 Å². The maximum absolute atomic E-state index is 12.6. The fourth-order valence-corrected chi connectivity index (χ4v) is 3.96. The molecule has 2 aromatic carbocycles. The topological polar surface area (TPSA) is 42.0 Å². The first-order valence-corrected chi connectivity index (χ1v) is 10.3. The Bertz CT molecular complexity index is 794. The van der Waals surface area contributed by atoms with Crippen molar-refractivity contribution < 1.29 is 14.3 Å². The van der Waals surface area contributed by atoms with Gasteiger partial charge in [0.15, 0.2) is 11.5 Å². The van der Waals surface area contributed by atoms with Crippen LogP contribution in [0.1, 0.15) is 30.4 Å². The van der Waals surface area contributed by atoms with Crippen molar-refractivity contribution in [2.75, 3.05) is 34.4 Å². The summed E-state index contributed by atoms with van der Waals surface area (Å²) >= 11 is 0. The molecule has 1 aliphatic heterocycles. The van der Waals surface area contributed by atoms with Gasteiger partial charge < -0.3 is 19.3 Å². The minimum atomic E-state index is 0.268. The lowest BCUT2D eigenvalue weighted by Crippen LogP contribution is -2.34. The minimum absolute atomic E-state index is 0.268. The Morgan fingerprint density at radius 2 is 1.76 bits per heavy atom. The van der Waals surface area contributed by atoms with Crippen molar-refractivity contribution in [1.82, 2.24) is 9.80 Å². The molecule has 0 saturated carbocycles. The number of ether oxygens (including phenoxy) is 2. The van der Waals surface area contributed by atoms with E-state index in [1.165, 1.54) is 11.1 Å². The molecule has 5 nitrogen and oxygen atoms in total. The Morgan fingerprint density at radius 3 is 2.48 bits per heavy atom. The Labute approximate surface area is 174 Å². The van der Waals surface area contributed by atoms with Gasteiger partial charge in [-0.2, -0.15) is 0 Å². The van der Waals surface area contributed by atoms with Gasteiger partial charge in [-0.15, -0.1) is 0 Å². The van der Waals surface area contributed by atoms with Crippen molar-refractivity contribution in [2.45, 2.75) is 38.3 Å². The molecule has 2 aromatic rings. The van der Waals surface area contributed by atoms with Gasteiger partial charge in [-0.1, -0.05) is 36.4 Å². The summed E-state index contributed by atoms with van der Waals surface area (Å²) in [5.74, 6) is 1.79. The second-order valence-corrected chi connectivity index (χ2v) is 7.70. The van der Waals surface area contributed by atoms with Crippen LogP contribution in [0, 0.1) is 0 Å². The zero-order valence-corrected chi connectivity index (χ0v) is 17.8. The van der Waals surface area contributed by atoms with Gasteiger partial charge in [-0.25, -0.2) is 0 Å². The number of rotatable bonds is 8. The maximum Gasteiger partial charge on any atom is 0.222 e. The fourth-order valence-electron chi connectivity index (χ4n) is 3.96.